The van der Waals surface area contributed by atoms with Gasteiger partial charge in [-0.2, -0.15) is 5.10 Å². The van der Waals surface area contributed by atoms with Crippen LogP contribution in [0, 0.1) is 12.8 Å². The number of benzene rings is 1. The molecule has 0 saturated heterocycles. The van der Waals surface area contributed by atoms with E-state index >= 15 is 0 Å². The van der Waals surface area contributed by atoms with Crippen molar-refractivity contribution in [3.8, 4) is 17.1 Å². The third kappa shape index (κ3) is 2.34. The van der Waals surface area contributed by atoms with Gasteiger partial charge in [0, 0.05) is 6.42 Å². The average molecular weight is 362 g/mol. The Morgan fingerprint density at radius 1 is 1.29 bits per heavy atom. The van der Waals surface area contributed by atoms with Crippen molar-refractivity contribution in [3.63, 3.8) is 0 Å². The molecular weight excluding hydrogens is 345 g/mol. The Morgan fingerprint density at radius 3 is 2.92 bits per heavy atom. The highest BCUT2D eigenvalue weighted by Crippen LogP contribution is 2.37. The first-order chi connectivity index (χ1) is 11.2. The van der Waals surface area contributed by atoms with Gasteiger partial charge >= 0.3 is 0 Å². The van der Waals surface area contributed by atoms with E-state index in [4.69, 9.17) is 21.7 Å². The van der Waals surface area contributed by atoms with E-state index in [2.05, 4.69) is 15.6 Å². The summed E-state index contributed by atoms with van der Waals surface area (Å²) in [5, 5.41) is 5.46. The topological polar surface area (TPSA) is 48.5 Å². The lowest BCUT2D eigenvalue weighted by atomic mass is 10.1. The quantitative estimate of drug-likeness (QED) is 0.545. The van der Waals surface area contributed by atoms with Gasteiger partial charge in [0.2, 0.25) is 0 Å². The van der Waals surface area contributed by atoms with Crippen LogP contribution in [0.2, 0.25) is 5.02 Å². The number of hydrogen-bond donors (Lipinski definition) is 0. The summed E-state index contributed by atoms with van der Waals surface area (Å²) in [6, 6.07) is 5.95. The maximum absolute atomic E-state index is 6.53. The zero-order valence-corrected chi connectivity index (χ0v) is 14.8. The number of rotatable bonds is 2. The second-order valence-electron chi connectivity index (χ2n) is 6.44. The summed E-state index contributed by atoms with van der Waals surface area (Å²) in [6.45, 7) is 2.70. The fraction of sp³-hybridized carbons (Fsp3) is 0.353. The molecule has 2 aliphatic rings. The molecule has 5 rings (SSSR count). The Balaban J connectivity index is 0.00000146. The second-order valence-corrected chi connectivity index (χ2v) is 6.84. The van der Waals surface area contributed by atoms with Crippen LogP contribution in [0.5, 0.6) is 0 Å². The van der Waals surface area contributed by atoms with E-state index in [0.717, 1.165) is 46.6 Å². The summed E-state index contributed by atoms with van der Waals surface area (Å²) >= 11 is 6.53. The number of aryl methyl sites for hydroxylation is 1. The SMILES string of the molecule is Cc1ncn2c1Cn1nc(CC3CC3)nc1-c1c(Cl)cccc1-2.Cl. The van der Waals surface area contributed by atoms with Crippen molar-refractivity contribution >= 4 is 24.0 Å². The summed E-state index contributed by atoms with van der Waals surface area (Å²) < 4.78 is 4.09. The summed E-state index contributed by atoms with van der Waals surface area (Å²) in [5.41, 5.74) is 4.12. The first kappa shape index (κ1) is 15.7. The van der Waals surface area contributed by atoms with Gasteiger partial charge in [-0.1, -0.05) is 17.7 Å². The third-order valence-electron chi connectivity index (χ3n) is 4.73. The molecule has 0 radical (unpaired) electrons. The van der Waals surface area contributed by atoms with Gasteiger partial charge < -0.3 is 4.57 Å². The van der Waals surface area contributed by atoms with Gasteiger partial charge in [-0.05, 0) is 37.8 Å². The van der Waals surface area contributed by atoms with Gasteiger partial charge in [0.1, 0.15) is 0 Å². The van der Waals surface area contributed by atoms with Crippen LogP contribution < -0.4 is 0 Å². The second kappa shape index (κ2) is 5.60. The molecule has 0 amide bonds. The number of fused-ring (bicyclic) bond motifs is 5. The van der Waals surface area contributed by atoms with E-state index in [9.17, 15) is 0 Å². The molecule has 1 aromatic carbocycles. The highest BCUT2D eigenvalue weighted by molar-refractivity contribution is 6.33. The van der Waals surface area contributed by atoms with E-state index in [1.165, 1.54) is 12.8 Å². The molecule has 0 spiro atoms. The van der Waals surface area contributed by atoms with Crippen LogP contribution in [0.4, 0.5) is 0 Å². The van der Waals surface area contributed by atoms with E-state index in [-0.39, 0.29) is 12.4 Å². The molecule has 124 valence electrons. The molecule has 1 aliphatic carbocycles. The van der Waals surface area contributed by atoms with Crippen molar-refractivity contribution in [1.82, 2.24) is 24.3 Å². The predicted octanol–water partition coefficient (Wildman–Crippen LogP) is 3.83. The zero-order valence-electron chi connectivity index (χ0n) is 13.2. The molecule has 0 N–H and O–H groups in total. The Morgan fingerprint density at radius 2 is 2.12 bits per heavy atom. The lowest BCUT2D eigenvalue weighted by Crippen LogP contribution is -2.06. The normalized spacial score (nSPS) is 15.1. The number of hydrogen-bond acceptors (Lipinski definition) is 3. The summed E-state index contributed by atoms with van der Waals surface area (Å²) in [6.07, 6.45) is 5.43. The molecule has 5 nitrogen and oxygen atoms in total. The van der Waals surface area contributed by atoms with Crippen LogP contribution in [0.1, 0.15) is 30.1 Å². The molecule has 3 heterocycles. The minimum absolute atomic E-state index is 0. The zero-order chi connectivity index (χ0) is 15.6. The van der Waals surface area contributed by atoms with Crippen LogP contribution in [-0.2, 0) is 13.0 Å². The molecule has 1 fully saturated rings. The molecule has 1 aliphatic heterocycles. The maximum Gasteiger partial charge on any atom is 0.162 e. The maximum atomic E-state index is 6.53. The van der Waals surface area contributed by atoms with Gasteiger partial charge in [-0.3, -0.25) is 0 Å². The molecule has 0 unspecified atom stereocenters. The van der Waals surface area contributed by atoms with E-state index < -0.39 is 0 Å². The van der Waals surface area contributed by atoms with Crippen LogP contribution in [-0.4, -0.2) is 24.3 Å². The smallest absolute Gasteiger partial charge is 0.162 e. The minimum Gasteiger partial charge on any atom is -0.300 e. The van der Waals surface area contributed by atoms with Gasteiger partial charge in [0.05, 0.1) is 40.5 Å². The summed E-state index contributed by atoms with van der Waals surface area (Å²) in [4.78, 5) is 9.28. The Hall–Kier alpha value is -1.85. The minimum atomic E-state index is 0. The first-order valence-electron chi connectivity index (χ1n) is 7.96. The highest BCUT2D eigenvalue weighted by Gasteiger charge is 2.28. The lowest BCUT2D eigenvalue weighted by molar-refractivity contribution is 0.651. The third-order valence-corrected chi connectivity index (χ3v) is 5.05. The number of imidazole rings is 1. The summed E-state index contributed by atoms with van der Waals surface area (Å²) in [5.74, 6) is 2.56. The van der Waals surface area contributed by atoms with E-state index in [1.54, 1.807) is 0 Å². The molecule has 0 atom stereocenters. The monoisotopic (exact) mass is 361 g/mol. The first-order valence-corrected chi connectivity index (χ1v) is 8.34. The van der Waals surface area contributed by atoms with Crippen molar-refractivity contribution in [2.75, 3.05) is 0 Å². The van der Waals surface area contributed by atoms with Crippen molar-refractivity contribution in [2.45, 2.75) is 32.7 Å². The highest BCUT2D eigenvalue weighted by atomic mass is 35.5. The van der Waals surface area contributed by atoms with Crippen LogP contribution in [0.15, 0.2) is 24.5 Å². The fourth-order valence-corrected chi connectivity index (χ4v) is 3.54. The molecule has 3 aromatic rings. The molecule has 1 saturated carbocycles. The standard InChI is InChI=1S/C17H16ClN5.ClH/c1-10-14-8-23-17(20-15(21-23)7-11-5-6-11)16-12(18)3-2-4-13(16)22(14)9-19-10;/h2-4,9,11H,5-8H2,1H3;1H. The predicted molar refractivity (Wildman–Crippen MR) is 95.1 cm³/mol. The van der Waals surface area contributed by atoms with Gasteiger partial charge in [-0.15, -0.1) is 12.4 Å². The molecule has 7 heteroatoms. The average Bonchev–Trinajstić information content (AvgIpc) is 3.18. The van der Waals surface area contributed by atoms with Gasteiger partial charge in [-0.25, -0.2) is 14.6 Å². The van der Waals surface area contributed by atoms with E-state index in [0.29, 0.717) is 11.6 Å². The molecule has 24 heavy (non-hydrogen) atoms. The van der Waals surface area contributed by atoms with Crippen molar-refractivity contribution in [1.29, 1.82) is 0 Å². The Bertz CT molecular complexity index is 923. The number of aromatic nitrogens is 5. The van der Waals surface area contributed by atoms with Crippen LogP contribution >= 0.6 is 24.0 Å². The molecular formula is C17H17Cl2N5. The number of nitrogens with zero attached hydrogens (tertiary/aromatic N) is 5. The Labute approximate surface area is 151 Å². The Kier molecular flexibility index (Phi) is 3.66. The van der Waals surface area contributed by atoms with Crippen molar-refractivity contribution in [3.05, 3.63) is 46.8 Å². The van der Waals surface area contributed by atoms with Gasteiger partial charge in [0.25, 0.3) is 0 Å². The largest absolute Gasteiger partial charge is 0.300 e. The van der Waals surface area contributed by atoms with E-state index in [1.807, 2.05) is 30.1 Å². The van der Waals surface area contributed by atoms with Crippen LogP contribution in [0.3, 0.4) is 0 Å². The number of halogens is 2. The van der Waals surface area contributed by atoms with Gasteiger partial charge in [0.15, 0.2) is 11.6 Å². The lowest BCUT2D eigenvalue weighted by Gasteiger charge is -2.09. The van der Waals surface area contributed by atoms with Crippen molar-refractivity contribution in [2.24, 2.45) is 5.92 Å². The molecule has 0 bridgehead atoms. The fourth-order valence-electron chi connectivity index (χ4n) is 3.29. The van der Waals surface area contributed by atoms with Crippen molar-refractivity contribution < 1.29 is 0 Å². The summed E-state index contributed by atoms with van der Waals surface area (Å²) in [7, 11) is 0. The van der Waals surface area contributed by atoms with Crippen LogP contribution in [0.25, 0.3) is 17.1 Å². The molecule has 2 aromatic heterocycles.